The molecule has 4 aromatic heterocycles. The maximum atomic E-state index is 12.3. The molecule has 7 nitrogen and oxygen atoms in total. The second-order valence-corrected chi connectivity index (χ2v) is 7.88. The van der Waals surface area contributed by atoms with E-state index in [1.165, 1.54) is 6.07 Å². The van der Waals surface area contributed by atoms with Gasteiger partial charge in [-0.25, -0.2) is 14.5 Å². The van der Waals surface area contributed by atoms with E-state index in [4.69, 9.17) is 0 Å². The van der Waals surface area contributed by atoms with Gasteiger partial charge in [-0.3, -0.25) is 4.79 Å². The molecule has 160 valence electrons. The minimum Gasteiger partial charge on any atom is -0.363 e. The molecule has 11 heteroatoms. The summed E-state index contributed by atoms with van der Waals surface area (Å²) in [7, 11) is 3.83. The smallest absolute Gasteiger partial charge is 0.363 e. The molecule has 0 fully saturated rings. The maximum Gasteiger partial charge on any atom is 0.405 e. The molecule has 0 radical (unpaired) electrons. The first-order valence-electron chi connectivity index (χ1n) is 9.12. The van der Waals surface area contributed by atoms with Crippen molar-refractivity contribution >= 4 is 28.7 Å². The van der Waals surface area contributed by atoms with Gasteiger partial charge in [-0.1, -0.05) is 0 Å². The average Bonchev–Trinajstić information content (AvgIpc) is 3.38. The number of thiophene rings is 1. The van der Waals surface area contributed by atoms with Crippen LogP contribution >= 0.6 is 11.3 Å². The Hall–Kier alpha value is -3.47. The number of carbonyl (C=O) groups is 1. The summed E-state index contributed by atoms with van der Waals surface area (Å²) in [6.07, 6.45) is 2.44. The number of nitrogens with zero attached hydrogens (tertiary/aromatic N) is 5. The Morgan fingerprint density at radius 2 is 1.90 bits per heavy atom. The van der Waals surface area contributed by atoms with Gasteiger partial charge in [-0.15, -0.1) is 11.3 Å². The molecule has 0 atom stereocenters. The molecule has 31 heavy (non-hydrogen) atoms. The Bertz CT molecular complexity index is 1230. The zero-order valence-electron chi connectivity index (χ0n) is 16.5. The number of alkyl halides is 3. The van der Waals surface area contributed by atoms with Crippen molar-refractivity contribution < 1.29 is 18.0 Å². The Morgan fingerprint density at radius 1 is 1.13 bits per heavy atom. The first-order valence-corrected chi connectivity index (χ1v) is 10.0. The number of halogens is 3. The average molecular weight is 446 g/mol. The van der Waals surface area contributed by atoms with E-state index in [1.54, 1.807) is 28.5 Å². The van der Waals surface area contributed by atoms with Crippen LogP contribution in [0.4, 0.5) is 19.0 Å². The van der Waals surface area contributed by atoms with E-state index in [0.29, 0.717) is 16.8 Å². The van der Waals surface area contributed by atoms with E-state index in [2.05, 4.69) is 15.1 Å². The van der Waals surface area contributed by atoms with Gasteiger partial charge in [0.2, 0.25) is 0 Å². The van der Waals surface area contributed by atoms with Gasteiger partial charge in [0.05, 0.1) is 11.1 Å². The van der Waals surface area contributed by atoms with E-state index < -0.39 is 18.6 Å². The Morgan fingerprint density at radius 3 is 2.58 bits per heavy atom. The topological polar surface area (TPSA) is 75.4 Å². The molecular formula is C20H17F3N6OS. The van der Waals surface area contributed by atoms with Crippen LogP contribution in [-0.2, 0) is 0 Å². The molecule has 4 rings (SSSR count). The van der Waals surface area contributed by atoms with Crippen molar-refractivity contribution in [3.8, 4) is 22.3 Å². The highest BCUT2D eigenvalue weighted by atomic mass is 32.1. The van der Waals surface area contributed by atoms with Crippen LogP contribution in [0.25, 0.3) is 27.9 Å². The second kappa shape index (κ2) is 7.99. The number of rotatable bonds is 5. The van der Waals surface area contributed by atoms with Gasteiger partial charge in [0.1, 0.15) is 12.4 Å². The number of hydrogen-bond donors (Lipinski definition) is 1. The number of aromatic nitrogens is 4. The summed E-state index contributed by atoms with van der Waals surface area (Å²) in [5.74, 6) is 0.0701. The summed E-state index contributed by atoms with van der Waals surface area (Å²) in [6, 6.07) is 5.39. The van der Waals surface area contributed by atoms with Crippen molar-refractivity contribution in [2.75, 3.05) is 25.5 Å². The second-order valence-electron chi connectivity index (χ2n) is 6.97. The van der Waals surface area contributed by atoms with Gasteiger partial charge < -0.3 is 10.2 Å². The summed E-state index contributed by atoms with van der Waals surface area (Å²) in [4.78, 5) is 22.9. The van der Waals surface area contributed by atoms with E-state index >= 15 is 0 Å². The molecule has 1 N–H and O–H groups in total. The van der Waals surface area contributed by atoms with Gasteiger partial charge >= 0.3 is 6.18 Å². The van der Waals surface area contributed by atoms with Gasteiger partial charge in [0.25, 0.3) is 5.91 Å². The third kappa shape index (κ3) is 4.50. The van der Waals surface area contributed by atoms with E-state index in [1.807, 2.05) is 42.6 Å². The van der Waals surface area contributed by atoms with Crippen LogP contribution in [0.2, 0.25) is 0 Å². The molecule has 0 aliphatic carbocycles. The highest BCUT2D eigenvalue weighted by molar-refractivity contribution is 7.12. The molecule has 0 bridgehead atoms. The summed E-state index contributed by atoms with van der Waals surface area (Å²) in [5, 5.41) is 7.90. The van der Waals surface area contributed by atoms with Crippen molar-refractivity contribution in [2.45, 2.75) is 6.18 Å². The minimum atomic E-state index is -4.46. The first-order chi connectivity index (χ1) is 14.7. The standard InChI is InChI=1S/C20H17F3N6OS/c1-28(2)17-4-3-12(6-24-17)14-7-25-18-15(8-27-29(18)9-14)13-5-16(31-10-13)19(30)26-11-20(21,22)23/h3-10H,11H2,1-2H3,(H,26,30). The largest absolute Gasteiger partial charge is 0.405 e. The van der Waals surface area contributed by atoms with Crippen molar-refractivity contribution in [1.82, 2.24) is 24.9 Å². The number of pyridine rings is 1. The molecule has 4 aromatic rings. The van der Waals surface area contributed by atoms with Gasteiger partial charge in [-0.2, -0.15) is 18.3 Å². The number of carbonyl (C=O) groups excluding carboxylic acids is 1. The maximum absolute atomic E-state index is 12.3. The molecule has 1 amide bonds. The summed E-state index contributed by atoms with van der Waals surface area (Å²) in [5.41, 5.74) is 3.63. The number of hydrogen-bond acceptors (Lipinski definition) is 6. The third-order valence-corrected chi connectivity index (χ3v) is 5.41. The lowest BCUT2D eigenvalue weighted by Gasteiger charge is -2.11. The molecule has 0 saturated carbocycles. The first kappa shape index (κ1) is 20.8. The molecular weight excluding hydrogens is 429 g/mol. The zero-order valence-corrected chi connectivity index (χ0v) is 17.3. The van der Waals surface area contributed by atoms with E-state index in [-0.39, 0.29) is 4.88 Å². The monoisotopic (exact) mass is 446 g/mol. The van der Waals surface area contributed by atoms with Crippen LogP contribution < -0.4 is 10.2 Å². The van der Waals surface area contributed by atoms with Crippen molar-refractivity contribution in [1.29, 1.82) is 0 Å². The van der Waals surface area contributed by atoms with Crippen molar-refractivity contribution in [3.05, 3.63) is 53.2 Å². The number of anilines is 1. The Labute approximate surface area is 179 Å². The minimum absolute atomic E-state index is 0.183. The summed E-state index contributed by atoms with van der Waals surface area (Å²) in [6.45, 7) is -1.37. The fourth-order valence-electron chi connectivity index (χ4n) is 2.91. The fraction of sp³-hybridized carbons (Fsp3) is 0.200. The van der Waals surface area contributed by atoms with Crippen LogP contribution in [0.15, 0.2) is 48.4 Å². The predicted octanol–water partition coefficient (Wildman–Crippen LogP) is 3.88. The van der Waals surface area contributed by atoms with Crippen LogP contribution in [0, 0.1) is 0 Å². The molecule has 4 heterocycles. The molecule has 0 aromatic carbocycles. The van der Waals surface area contributed by atoms with E-state index in [9.17, 15) is 18.0 Å². The highest BCUT2D eigenvalue weighted by Gasteiger charge is 2.28. The zero-order chi connectivity index (χ0) is 22.2. The van der Waals surface area contributed by atoms with Crippen molar-refractivity contribution in [3.63, 3.8) is 0 Å². The quantitative estimate of drug-likeness (QED) is 0.504. The number of fused-ring (bicyclic) bond motifs is 1. The Kier molecular flexibility index (Phi) is 5.36. The lowest BCUT2D eigenvalue weighted by Crippen LogP contribution is -2.33. The van der Waals surface area contributed by atoms with Gasteiger partial charge in [0.15, 0.2) is 5.65 Å². The fourth-order valence-corrected chi connectivity index (χ4v) is 3.74. The Balaban J connectivity index is 1.58. The normalized spacial score (nSPS) is 11.6. The SMILES string of the molecule is CN(C)c1ccc(-c2cnc3c(-c4csc(C(=O)NCC(F)(F)F)c4)cnn3c2)cn1. The van der Waals surface area contributed by atoms with Crippen molar-refractivity contribution in [2.24, 2.45) is 0 Å². The van der Waals surface area contributed by atoms with Crippen LogP contribution in [-0.4, -0.2) is 52.3 Å². The lowest BCUT2D eigenvalue weighted by atomic mass is 10.1. The van der Waals surface area contributed by atoms with Crippen LogP contribution in [0.5, 0.6) is 0 Å². The third-order valence-electron chi connectivity index (χ3n) is 4.48. The summed E-state index contributed by atoms with van der Waals surface area (Å²) >= 11 is 1.06. The van der Waals surface area contributed by atoms with E-state index in [0.717, 1.165) is 28.3 Å². The van der Waals surface area contributed by atoms with Gasteiger partial charge in [0, 0.05) is 49.4 Å². The van der Waals surface area contributed by atoms with Crippen LogP contribution in [0.1, 0.15) is 9.67 Å². The number of amides is 1. The lowest BCUT2D eigenvalue weighted by molar-refractivity contribution is -0.123. The highest BCUT2D eigenvalue weighted by Crippen LogP contribution is 2.29. The predicted molar refractivity (Wildman–Crippen MR) is 112 cm³/mol. The summed E-state index contributed by atoms with van der Waals surface area (Å²) < 4.78 is 38.5. The molecule has 0 spiro atoms. The molecule has 0 saturated heterocycles. The van der Waals surface area contributed by atoms with Crippen LogP contribution in [0.3, 0.4) is 0 Å². The van der Waals surface area contributed by atoms with Gasteiger partial charge in [-0.05, 0) is 29.1 Å². The molecule has 0 aliphatic rings. The molecule has 0 aliphatic heterocycles. The molecule has 0 unspecified atom stereocenters. The number of nitrogens with one attached hydrogen (secondary N) is 1.